The number of benzene rings is 1. The van der Waals surface area contributed by atoms with E-state index in [1.54, 1.807) is 0 Å². The molecule has 0 N–H and O–H groups in total. The smallest absolute Gasteiger partial charge is 0.0510 e. The van der Waals surface area contributed by atoms with Crippen LogP contribution in [0.15, 0.2) is 28.7 Å². The van der Waals surface area contributed by atoms with Gasteiger partial charge in [0.25, 0.3) is 0 Å². The molecule has 1 aliphatic heterocycles. The molecule has 0 amide bonds. The zero-order chi connectivity index (χ0) is 9.26. The van der Waals surface area contributed by atoms with E-state index in [4.69, 9.17) is 0 Å². The van der Waals surface area contributed by atoms with Gasteiger partial charge in [-0.2, -0.15) is 0 Å². The number of halogens is 1. The van der Waals surface area contributed by atoms with Gasteiger partial charge in [0.2, 0.25) is 0 Å². The quantitative estimate of drug-likeness (QED) is 0.766. The largest absolute Gasteiger partial charge is 0.370 e. The Labute approximate surface area is 87.9 Å². The standard InChI is InChI=1S/C11H14BrN/c1-2-9-7-13(8-9)11-6-4-3-5-10(11)12/h3-6,9H,2,7-8H2,1H3. The predicted octanol–water partition coefficient (Wildman–Crippen LogP) is 3.30. The molecule has 0 bridgehead atoms. The lowest BCUT2D eigenvalue weighted by molar-refractivity contribution is 0.398. The van der Waals surface area contributed by atoms with E-state index in [2.05, 4.69) is 52.0 Å². The van der Waals surface area contributed by atoms with Gasteiger partial charge in [0.05, 0.1) is 5.69 Å². The fourth-order valence-electron chi connectivity index (χ4n) is 1.73. The molecule has 0 spiro atoms. The van der Waals surface area contributed by atoms with Crippen LogP contribution < -0.4 is 4.90 Å². The van der Waals surface area contributed by atoms with E-state index >= 15 is 0 Å². The number of rotatable bonds is 2. The maximum absolute atomic E-state index is 3.57. The summed E-state index contributed by atoms with van der Waals surface area (Å²) in [7, 11) is 0. The lowest BCUT2D eigenvalue weighted by Crippen LogP contribution is -2.46. The van der Waals surface area contributed by atoms with Crippen LogP contribution in [0.5, 0.6) is 0 Å². The molecule has 0 radical (unpaired) electrons. The molecule has 1 fully saturated rings. The van der Waals surface area contributed by atoms with Crippen LogP contribution in [-0.2, 0) is 0 Å². The second-order valence-electron chi connectivity index (χ2n) is 3.63. The van der Waals surface area contributed by atoms with Crippen molar-refractivity contribution in [1.82, 2.24) is 0 Å². The van der Waals surface area contributed by atoms with E-state index in [-0.39, 0.29) is 0 Å². The van der Waals surface area contributed by atoms with Gasteiger partial charge in [-0.25, -0.2) is 0 Å². The van der Waals surface area contributed by atoms with Crippen LogP contribution in [0, 0.1) is 5.92 Å². The Morgan fingerprint density at radius 3 is 2.69 bits per heavy atom. The Bertz CT molecular complexity index is 292. The highest BCUT2D eigenvalue weighted by molar-refractivity contribution is 9.10. The van der Waals surface area contributed by atoms with Crippen LogP contribution in [-0.4, -0.2) is 13.1 Å². The van der Waals surface area contributed by atoms with Crippen molar-refractivity contribution in [3.63, 3.8) is 0 Å². The van der Waals surface area contributed by atoms with Gasteiger partial charge in [-0.05, 0) is 40.4 Å². The summed E-state index contributed by atoms with van der Waals surface area (Å²) >= 11 is 3.57. The summed E-state index contributed by atoms with van der Waals surface area (Å²) in [6.07, 6.45) is 1.31. The summed E-state index contributed by atoms with van der Waals surface area (Å²) < 4.78 is 1.21. The second-order valence-corrected chi connectivity index (χ2v) is 4.49. The molecule has 0 saturated carbocycles. The topological polar surface area (TPSA) is 3.24 Å². The van der Waals surface area contributed by atoms with Crippen molar-refractivity contribution in [2.45, 2.75) is 13.3 Å². The molecule has 0 aliphatic carbocycles. The van der Waals surface area contributed by atoms with E-state index in [1.807, 2.05) is 0 Å². The first-order valence-corrected chi connectivity index (χ1v) is 5.60. The van der Waals surface area contributed by atoms with Crippen molar-refractivity contribution in [3.8, 4) is 0 Å². The lowest BCUT2D eigenvalue weighted by Gasteiger charge is -2.41. The first-order valence-electron chi connectivity index (χ1n) is 4.80. The monoisotopic (exact) mass is 239 g/mol. The molecule has 13 heavy (non-hydrogen) atoms. The van der Waals surface area contributed by atoms with Crippen LogP contribution >= 0.6 is 15.9 Å². The van der Waals surface area contributed by atoms with Crippen molar-refractivity contribution in [2.24, 2.45) is 5.92 Å². The number of anilines is 1. The number of nitrogens with zero attached hydrogens (tertiary/aromatic N) is 1. The number of hydrogen-bond donors (Lipinski definition) is 0. The average Bonchev–Trinajstić information content (AvgIpc) is 2.06. The summed E-state index contributed by atoms with van der Waals surface area (Å²) in [5.74, 6) is 0.909. The molecule has 1 aliphatic rings. The average molecular weight is 240 g/mol. The molecule has 0 aromatic heterocycles. The van der Waals surface area contributed by atoms with Gasteiger partial charge in [0.15, 0.2) is 0 Å². The van der Waals surface area contributed by atoms with E-state index < -0.39 is 0 Å². The summed E-state index contributed by atoms with van der Waals surface area (Å²) in [5, 5.41) is 0. The number of hydrogen-bond acceptors (Lipinski definition) is 1. The van der Waals surface area contributed by atoms with Crippen molar-refractivity contribution in [1.29, 1.82) is 0 Å². The minimum Gasteiger partial charge on any atom is -0.370 e. The molecule has 1 nitrogen and oxygen atoms in total. The minimum atomic E-state index is 0.909. The van der Waals surface area contributed by atoms with Gasteiger partial charge in [-0.15, -0.1) is 0 Å². The molecule has 0 unspecified atom stereocenters. The normalized spacial score (nSPS) is 17.2. The van der Waals surface area contributed by atoms with Gasteiger partial charge in [-0.1, -0.05) is 19.1 Å². The zero-order valence-electron chi connectivity index (χ0n) is 7.83. The maximum atomic E-state index is 3.57. The van der Waals surface area contributed by atoms with Crippen molar-refractivity contribution < 1.29 is 0 Å². The summed E-state index contributed by atoms with van der Waals surface area (Å²) in [6, 6.07) is 8.44. The molecule has 2 heteroatoms. The van der Waals surface area contributed by atoms with Crippen LogP contribution in [0.3, 0.4) is 0 Å². The molecular weight excluding hydrogens is 226 g/mol. The Hall–Kier alpha value is -0.500. The molecule has 1 saturated heterocycles. The highest BCUT2D eigenvalue weighted by Gasteiger charge is 2.25. The molecule has 1 heterocycles. The summed E-state index contributed by atoms with van der Waals surface area (Å²) in [4.78, 5) is 2.43. The summed E-state index contributed by atoms with van der Waals surface area (Å²) in [5.41, 5.74) is 1.34. The predicted molar refractivity (Wildman–Crippen MR) is 60.1 cm³/mol. The van der Waals surface area contributed by atoms with Crippen molar-refractivity contribution in [3.05, 3.63) is 28.7 Å². The Kier molecular flexibility index (Phi) is 2.58. The van der Waals surface area contributed by atoms with E-state index in [0.29, 0.717) is 0 Å². The maximum Gasteiger partial charge on any atom is 0.0510 e. The minimum absolute atomic E-state index is 0.909. The Morgan fingerprint density at radius 2 is 2.08 bits per heavy atom. The third-order valence-corrected chi connectivity index (χ3v) is 3.40. The molecule has 70 valence electrons. The SMILES string of the molecule is CCC1CN(c2ccccc2Br)C1. The van der Waals surface area contributed by atoms with Crippen LogP contribution in [0.25, 0.3) is 0 Å². The third-order valence-electron chi connectivity index (χ3n) is 2.73. The molecule has 0 atom stereocenters. The van der Waals surface area contributed by atoms with Gasteiger partial charge < -0.3 is 4.90 Å². The van der Waals surface area contributed by atoms with Gasteiger partial charge in [0, 0.05) is 17.6 Å². The van der Waals surface area contributed by atoms with Gasteiger partial charge in [0.1, 0.15) is 0 Å². The van der Waals surface area contributed by atoms with Gasteiger partial charge >= 0.3 is 0 Å². The Morgan fingerprint density at radius 1 is 1.38 bits per heavy atom. The molecule has 1 aromatic rings. The van der Waals surface area contributed by atoms with Crippen molar-refractivity contribution >= 4 is 21.6 Å². The first-order chi connectivity index (χ1) is 6.31. The highest BCUT2D eigenvalue weighted by atomic mass is 79.9. The van der Waals surface area contributed by atoms with Crippen LogP contribution in [0.2, 0.25) is 0 Å². The van der Waals surface area contributed by atoms with E-state index in [9.17, 15) is 0 Å². The molecule has 2 rings (SSSR count). The first kappa shape index (κ1) is 9.07. The Balaban J connectivity index is 2.07. The van der Waals surface area contributed by atoms with E-state index in [1.165, 1.54) is 29.7 Å². The molecule has 1 aromatic carbocycles. The second kappa shape index (κ2) is 3.70. The lowest BCUT2D eigenvalue weighted by atomic mass is 9.97. The number of para-hydroxylation sites is 1. The molecular formula is C11H14BrN. The van der Waals surface area contributed by atoms with Crippen LogP contribution in [0.1, 0.15) is 13.3 Å². The van der Waals surface area contributed by atoms with Crippen molar-refractivity contribution in [2.75, 3.05) is 18.0 Å². The third kappa shape index (κ3) is 1.73. The van der Waals surface area contributed by atoms with Crippen LogP contribution in [0.4, 0.5) is 5.69 Å². The fraction of sp³-hybridized carbons (Fsp3) is 0.455. The summed E-state index contributed by atoms with van der Waals surface area (Å²) in [6.45, 7) is 4.71. The van der Waals surface area contributed by atoms with E-state index in [0.717, 1.165) is 5.92 Å². The zero-order valence-corrected chi connectivity index (χ0v) is 9.42. The van der Waals surface area contributed by atoms with Gasteiger partial charge in [-0.3, -0.25) is 0 Å². The fourth-order valence-corrected chi connectivity index (χ4v) is 2.27. The highest BCUT2D eigenvalue weighted by Crippen LogP contribution is 2.31.